The van der Waals surface area contributed by atoms with Crippen molar-refractivity contribution < 1.29 is 27.5 Å². The zero-order chi connectivity index (χ0) is 17.2. The highest BCUT2D eigenvalue weighted by molar-refractivity contribution is 8.13. The van der Waals surface area contributed by atoms with Crippen molar-refractivity contribution in [2.45, 2.75) is 6.61 Å². The molecule has 2 rings (SSSR count). The maximum atomic E-state index is 12.2. The molecule has 1 aromatic rings. The first-order valence-corrected chi connectivity index (χ1v) is 8.98. The van der Waals surface area contributed by atoms with Crippen LogP contribution < -0.4 is 5.73 Å². The number of halogens is 1. The molecule has 2 amide bonds. The fraction of sp³-hybridized carbons (Fsp3) is 0.308. The quantitative estimate of drug-likeness (QED) is 0.425. The lowest BCUT2D eigenvalue weighted by atomic mass is 10.1. The Balaban J connectivity index is 2.16. The number of hydrogen-bond donors (Lipinski definition) is 1. The molecular weight excluding hydrogens is 348 g/mol. The van der Waals surface area contributed by atoms with Crippen molar-refractivity contribution >= 4 is 37.5 Å². The van der Waals surface area contributed by atoms with E-state index in [-0.39, 0.29) is 30.8 Å². The molecule has 0 saturated carbocycles. The first kappa shape index (κ1) is 17.4. The molecule has 10 heteroatoms. The van der Waals surface area contributed by atoms with Gasteiger partial charge in [0.2, 0.25) is 9.05 Å². The van der Waals surface area contributed by atoms with Gasteiger partial charge in [0.05, 0.1) is 23.4 Å². The van der Waals surface area contributed by atoms with Crippen LogP contribution in [0.15, 0.2) is 18.2 Å². The van der Waals surface area contributed by atoms with E-state index in [4.69, 9.17) is 21.2 Å². The Morgan fingerprint density at radius 1 is 1.22 bits per heavy atom. The monoisotopic (exact) mass is 360 g/mol. The topological polar surface area (TPSA) is 124 Å². The average Bonchev–Trinajstić information content (AvgIpc) is 2.73. The molecule has 8 nitrogen and oxygen atoms in total. The van der Waals surface area contributed by atoms with Crippen LogP contribution in [-0.2, 0) is 25.2 Å². The third-order valence-corrected chi connectivity index (χ3v) is 4.29. The van der Waals surface area contributed by atoms with Gasteiger partial charge in [-0.1, -0.05) is 6.07 Å². The third kappa shape index (κ3) is 4.06. The van der Waals surface area contributed by atoms with Gasteiger partial charge in [-0.3, -0.25) is 19.3 Å². The molecule has 0 fully saturated rings. The summed E-state index contributed by atoms with van der Waals surface area (Å²) in [5.41, 5.74) is 5.92. The van der Waals surface area contributed by atoms with Gasteiger partial charge in [0.1, 0.15) is 6.61 Å². The van der Waals surface area contributed by atoms with E-state index in [1.807, 2.05) is 0 Å². The van der Waals surface area contributed by atoms with Crippen LogP contribution >= 0.6 is 10.7 Å². The van der Waals surface area contributed by atoms with Gasteiger partial charge in [0.25, 0.3) is 11.8 Å². The summed E-state index contributed by atoms with van der Waals surface area (Å²) >= 11 is 0. The summed E-state index contributed by atoms with van der Waals surface area (Å²) in [5.74, 6) is -2.32. The Bertz CT molecular complexity index is 777. The van der Waals surface area contributed by atoms with Crippen molar-refractivity contribution in [3.8, 4) is 0 Å². The number of carbonyl (C=O) groups excluding carboxylic acids is 3. The van der Waals surface area contributed by atoms with E-state index in [1.165, 1.54) is 18.2 Å². The zero-order valence-electron chi connectivity index (χ0n) is 11.8. The minimum atomic E-state index is -3.82. The third-order valence-electron chi connectivity index (χ3n) is 3.16. The second-order valence-corrected chi connectivity index (χ2v) is 7.65. The number of rotatable bonds is 6. The predicted octanol–water partition coefficient (Wildman–Crippen LogP) is -0.147. The lowest BCUT2D eigenvalue weighted by molar-refractivity contribution is -0.143. The predicted molar refractivity (Wildman–Crippen MR) is 80.3 cm³/mol. The molecule has 0 aromatic heterocycles. The smallest absolute Gasteiger partial charge is 0.320 e. The second-order valence-electron chi connectivity index (χ2n) is 4.75. The standard InChI is InChI=1S/C13H13ClN2O6S/c14-23(20,21)4-3-16-12(18)9-2-1-8(5-10(9)13(16)19)7-22-11(17)6-15/h1-2,5H,3-4,6-7,15H2. The zero-order valence-corrected chi connectivity index (χ0v) is 13.4. The average molecular weight is 361 g/mol. The molecule has 23 heavy (non-hydrogen) atoms. The Kier molecular flexibility index (Phi) is 5.03. The Morgan fingerprint density at radius 2 is 1.87 bits per heavy atom. The second kappa shape index (κ2) is 6.65. The van der Waals surface area contributed by atoms with E-state index in [0.29, 0.717) is 5.56 Å². The highest BCUT2D eigenvalue weighted by atomic mass is 35.7. The molecule has 1 aromatic carbocycles. The van der Waals surface area contributed by atoms with Gasteiger partial charge in [0, 0.05) is 17.2 Å². The van der Waals surface area contributed by atoms with Crippen LogP contribution in [0.5, 0.6) is 0 Å². The largest absolute Gasteiger partial charge is 0.460 e. The van der Waals surface area contributed by atoms with Gasteiger partial charge in [0.15, 0.2) is 0 Å². The van der Waals surface area contributed by atoms with Crippen molar-refractivity contribution in [1.82, 2.24) is 4.90 Å². The SMILES string of the molecule is NCC(=O)OCc1ccc2c(c1)C(=O)N(CCS(=O)(=O)Cl)C2=O. The lowest BCUT2D eigenvalue weighted by Crippen LogP contribution is -2.33. The Labute approximate surface area is 136 Å². The van der Waals surface area contributed by atoms with E-state index in [1.54, 1.807) is 0 Å². The lowest BCUT2D eigenvalue weighted by Gasteiger charge is -2.11. The van der Waals surface area contributed by atoms with Crippen LogP contribution in [0.2, 0.25) is 0 Å². The van der Waals surface area contributed by atoms with E-state index < -0.39 is 32.6 Å². The minimum Gasteiger partial charge on any atom is -0.460 e. The van der Waals surface area contributed by atoms with Crippen LogP contribution in [-0.4, -0.2) is 49.9 Å². The summed E-state index contributed by atoms with van der Waals surface area (Å²) in [5, 5.41) is 0. The van der Waals surface area contributed by atoms with Crippen LogP contribution in [0.4, 0.5) is 0 Å². The number of nitrogens with two attached hydrogens (primary N) is 1. The molecule has 0 atom stereocenters. The maximum Gasteiger partial charge on any atom is 0.320 e. The molecule has 0 saturated heterocycles. The molecule has 1 heterocycles. The number of fused-ring (bicyclic) bond motifs is 1. The summed E-state index contributed by atoms with van der Waals surface area (Å²) in [6.45, 7) is -0.667. The van der Waals surface area contributed by atoms with Crippen LogP contribution in [0.1, 0.15) is 26.3 Å². The molecule has 124 valence electrons. The fourth-order valence-corrected chi connectivity index (χ4v) is 2.66. The fourth-order valence-electron chi connectivity index (χ4n) is 2.05. The van der Waals surface area contributed by atoms with Gasteiger partial charge in [-0.15, -0.1) is 0 Å². The summed E-state index contributed by atoms with van der Waals surface area (Å²) in [6.07, 6.45) is 0. The van der Waals surface area contributed by atoms with E-state index in [2.05, 4.69) is 0 Å². The molecule has 0 radical (unpaired) electrons. The number of nitrogens with zero attached hydrogens (tertiary/aromatic N) is 1. The van der Waals surface area contributed by atoms with Crippen LogP contribution in [0.25, 0.3) is 0 Å². The van der Waals surface area contributed by atoms with Gasteiger partial charge >= 0.3 is 5.97 Å². The maximum absolute atomic E-state index is 12.2. The number of carbonyl (C=O) groups is 3. The summed E-state index contributed by atoms with van der Waals surface area (Å²) in [7, 11) is 1.27. The van der Waals surface area contributed by atoms with E-state index in [9.17, 15) is 22.8 Å². The van der Waals surface area contributed by atoms with Crippen molar-refractivity contribution in [1.29, 1.82) is 0 Å². The van der Waals surface area contributed by atoms with Crippen molar-refractivity contribution in [2.24, 2.45) is 5.73 Å². The van der Waals surface area contributed by atoms with Crippen molar-refractivity contribution in [3.05, 3.63) is 34.9 Å². The number of imide groups is 1. The van der Waals surface area contributed by atoms with Crippen LogP contribution in [0.3, 0.4) is 0 Å². The molecule has 0 bridgehead atoms. The molecule has 1 aliphatic heterocycles. The number of ether oxygens (including phenoxy) is 1. The first-order valence-electron chi connectivity index (χ1n) is 6.50. The normalized spacial score (nSPS) is 14.1. The number of hydrogen-bond acceptors (Lipinski definition) is 7. The molecule has 0 spiro atoms. The molecular formula is C13H13ClN2O6S. The van der Waals surface area contributed by atoms with Crippen LogP contribution in [0, 0.1) is 0 Å². The van der Waals surface area contributed by atoms with E-state index >= 15 is 0 Å². The highest BCUT2D eigenvalue weighted by Crippen LogP contribution is 2.24. The number of benzene rings is 1. The number of amides is 2. The molecule has 2 N–H and O–H groups in total. The van der Waals surface area contributed by atoms with Gasteiger partial charge in [-0.2, -0.15) is 0 Å². The summed E-state index contributed by atoms with van der Waals surface area (Å²) < 4.78 is 26.8. The summed E-state index contributed by atoms with van der Waals surface area (Å²) in [4.78, 5) is 36.2. The molecule has 0 unspecified atom stereocenters. The highest BCUT2D eigenvalue weighted by Gasteiger charge is 2.36. The summed E-state index contributed by atoms with van der Waals surface area (Å²) in [6, 6.07) is 4.39. The number of esters is 1. The van der Waals surface area contributed by atoms with Crippen molar-refractivity contribution in [3.63, 3.8) is 0 Å². The van der Waals surface area contributed by atoms with Gasteiger partial charge in [-0.05, 0) is 17.7 Å². The van der Waals surface area contributed by atoms with E-state index in [0.717, 1.165) is 4.90 Å². The van der Waals surface area contributed by atoms with Gasteiger partial charge in [-0.25, -0.2) is 8.42 Å². The Morgan fingerprint density at radius 3 is 2.48 bits per heavy atom. The molecule has 0 aliphatic carbocycles. The van der Waals surface area contributed by atoms with Crippen molar-refractivity contribution in [2.75, 3.05) is 18.8 Å². The minimum absolute atomic E-state index is 0.0825. The van der Waals surface area contributed by atoms with Gasteiger partial charge < -0.3 is 10.5 Å². The molecule has 1 aliphatic rings. The first-order chi connectivity index (χ1) is 10.7. The Hall–Kier alpha value is -1.97.